The highest BCUT2D eigenvalue weighted by molar-refractivity contribution is 7.75. The molecule has 0 aromatic carbocycles. The topological polar surface area (TPSA) is 31.8 Å². The van der Waals surface area contributed by atoms with Crippen molar-refractivity contribution >= 4 is 15.4 Å². The molecule has 0 unspecified atom stereocenters. The van der Waals surface area contributed by atoms with Gasteiger partial charge in [0.15, 0.2) is 0 Å². The third-order valence-electron chi connectivity index (χ3n) is 15.4. The molecule has 0 aromatic heterocycles. The van der Waals surface area contributed by atoms with E-state index in [2.05, 4.69) is 70.3 Å². The van der Waals surface area contributed by atoms with E-state index in [0.29, 0.717) is 36.3 Å². The molecule has 0 heterocycles. The lowest BCUT2D eigenvalue weighted by atomic mass is 9.96. The van der Waals surface area contributed by atoms with Gasteiger partial charge < -0.3 is 0 Å². The minimum absolute atomic E-state index is 0.634. The van der Waals surface area contributed by atoms with Crippen LogP contribution in [0, 0.1) is 0 Å². The molecule has 6 saturated carbocycles. The predicted molar refractivity (Wildman–Crippen MR) is 224 cm³/mol. The third kappa shape index (κ3) is 9.03. The zero-order chi connectivity index (χ0) is 35.8. The van der Waals surface area contributed by atoms with Crippen LogP contribution in [0.15, 0.2) is 4.52 Å². The number of nitrogens with zero attached hydrogens (tertiary/aromatic N) is 7. The Labute approximate surface area is 318 Å². The maximum Gasteiger partial charge on any atom is 0.357 e. The van der Waals surface area contributed by atoms with Crippen molar-refractivity contribution in [1.29, 1.82) is 0 Å². The largest absolute Gasteiger partial charge is 0.357 e. The number of rotatable bonds is 13. The van der Waals surface area contributed by atoms with Gasteiger partial charge in [0.25, 0.3) is 0 Å². The van der Waals surface area contributed by atoms with Gasteiger partial charge in [-0.2, -0.15) is 0 Å². The first-order valence-electron chi connectivity index (χ1n) is 22.7. The van der Waals surface area contributed by atoms with Crippen molar-refractivity contribution < 1.29 is 0 Å². The molecule has 0 saturated heterocycles. The van der Waals surface area contributed by atoms with Crippen molar-refractivity contribution in [2.75, 3.05) is 42.3 Å². The summed E-state index contributed by atoms with van der Waals surface area (Å²) in [6.45, 7) is 0. The SMILES string of the molecule is CN(C1CCCCC1)P(=N[P+](N(C)C1CCCCC1)(N(C)C1CCCCC1)N(C)C1CCCCC1)(N(C)C1CCCCC1)N(C)C1CCCCC1. The van der Waals surface area contributed by atoms with E-state index in [1.54, 1.807) is 0 Å². The smallest absolute Gasteiger partial charge is 0.243 e. The Hall–Kier alpha value is 0.420. The Morgan fingerprint density at radius 2 is 0.510 bits per heavy atom. The zero-order valence-corrected chi connectivity index (χ0v) is 36.5. The maximum atomic E-state index is 7.17. The lowest BCUT2D eigenvalue weighted by Gasteiger charge is -2.55. The molecule has 51 heavy (non-hydrogen) atoms. The Morgan fingerprint density at radius 3 is 0.725 bits per heavy atom. The average Bonchev–Trinajstić information content (AvgIpc) is 3.22. The standard InChI is InChI=1S/C42H84N7P2/c1-44(37-25-13-7-14-26-37)50(45(2)38-27-15-8-16-28-38,46(3)39-29-17-9-18-30-39)43-51(47(4)40-31-19-10-20-32-40,48(5)41-33-21-11-22-34-41)49(6)42-35-23-12-24-36-42/h37-42H,7-36H2,1-6H3/q+1. The van der Waals surface area contributed by atoms with Gasteiger partial charge in [0.2, 0.25) is 7.51 Å². The molecule has 0 spiro atoms. The Morgan fingerprint density at radius 1 is 0.314 bits per heavy atom. The van der Waals surface area contributed by atoms with Crippen LogP contribution in [-0.2, 0) is 0 Å². The number of hydrogen-bond acceptors (Lipinski definition) is 4. The van der Waals surface area contributed by atoms with Gasteiger partial charge in [0.1, 0.15) is 0 Å². The van der Waals surface area contributed by atoms with Gasteiger partial charge >= 0.3 is 7.87 Å². The van der Waals surface area contributed by atoms with Crippen LogP contribution in [0.5, 0.6) is 0 Å². The van der Waals surface area contributed by atoms with E-state index < -0.39 is 15.4 Å². The Kier molecular flexibility index (Phi) is 15.7. The van der Waals surface area contributed by atoms with Crippen LogP contribution in [-0.4, -0.2) is 107 Å². The predicted octanol–water partition coefficient (Wildman–Crippen LogP) is 12.2. The lowest BCUT2D eigenvalue weighted by molar-refractivity contribution is 0.191. The maximum absolute atomic E-state index is 7.17. The minimum atomic E-state index is -2.36. The van der Waals surface area contributed by atoms with Crippen molar-refractivity contribution in [2.45, 2.75) is 229 Å². The minimum Gasteiger partial charge on any atom is -0.243 e. The molecule has 0 amide bonds. The van der Waals surface area contributed by atoms with Crippen molar-refractivity contribution in [1.82, 2.24) is 28.0 Å². The molecule has 6 aliphatic rings. The van der Waals surface area contributed by atoms with E-state index in [4.69, 9.17) is 4.52 Å². The first-order valence-corrected chi connectivity index (χ1v) is 25.9. The van der Waals surface area contributed by atoms with Crippen LogP contribution >= 0.6 is 15.4 Å². The van der Waals surface area contributed by atoms with Gasteiger partial charge in [-0.15, -0.1) is 14.0 Å². The second-order valence-electron chi connectivity index (χ2n) is 18.4. The molecule has 296 valence electrons. The summed E-state index contributed by atoms with van der Waals surface area (Å²) < 4.78 is 25.4. The Balaban J connectivity index is 1.64. The van der Waals surface area contributed by atoms with Gasteiger partial charge in [-0.25, -0.2) is 14.0 Å². The van der Waals surface area contributed by atoms with Gasteiger partial charge in [-0.05, 0) is 103 Å². The van der Waals surface area contributed by atoms with Crippen molar-refractivity contribution in [3.63, 3.8) is 0 Å². The van der Waals surface area contributed by atoms with Crippen molar-refractivity contribution in [2.24, 2.45) is 4.52 Å². The second-order valence-corrected chi connectivity index (χ2v) is 25.0. The summed E-state index contributed by atoms with van der Waals surface area (Å²) in [5, 5.41) is 0. The summed E-state index contributed by atoms with van der Waals surface area (Å²) in [5.74, 6) is 0. The third-order valence-corrected chi connectivity index (χ3v) is 24.4. The summed E-state index contributed by atoms with van der Waals surface area (Å²) in [7, 11) is 11.0. The first-order chi connectivity index (χ1) is 24.8. The van der Waals surface area contributed by atoms with E-state index in [9.17, 15) is 0 Å². The summed E-state index contributed by atoms with van der Waals surface area (Å²) in [5.41, 5.74) is 0. The fourth-order valence-electron chi connectivity index (χ4n) is 11.9. The van der Waals surface area contributed by atoms with Gasteiger partial charge in [0.05, 0.1) is 0 Å². The highest BCUT2D eigenvalue weighted by Crippen LogP contribution is 2.79. The molecule has 0 N–H and O–H groups in total. The van der Waals surface area contributed by atoms with Crippen LogP contribution in [0.4, 0.5) is 0 Å². The van der Waals surface area contributed by atoms with Crippen molar-refractivity contribution in [3.05, 3.63) is 0 Å². The quantitative estimate of drug-likeness (QED) is 0.174. The summed E-state index contributed by atoms with van der Waals surface area (Å²) in [4.78, 5) is 0. The molecule has 6 fully saturated rings. The Bertz CT molecular complexity index is 943. The van der Waals surface area contributed by atoms with Crippen LogP contribution in [0.25, 0.3) is 0 Å². The van der Waals surface area contributed by atoms with E-state index in [-0.39, 0.29) is 0 Å². The molecule has 6 rings (SSSR count). The lowest BCUT2D eigenvalue weighted by Crippen LogP contribution is -2.52. The number of hydrogen-bond donors (Lipinski definition) is 0. The molecule has 0 atom stereocenters. The highest BCUT2D eigenvalue weighted by Gasteiger charge is 2.63. The normalized spacial score (nSPS) is 26.0. The van der Waals surface area contributed by atoms with Gasteiger partial charge in [-0.1, -0.05) is 116 Å². The zero-order valence-electron chi connectivity index (χ0n) is 34.7. The van der Waals surface area contributed by atoms with E-state index >= 15 is 0 Å². The molecule has 0 radical (unpaired) electrons. The van der Waals surface area contributed by atoms with Gasteiger partial charge in [-0.3, -0.25) is 0 Å². The summed E-state index contributed by atoms with van der Waals surface area (Å²) >= 11 is 0. The fraction of sp³-hybridized carbons (Fsp3) is 1.00. The van der Waals surface area contributed by atoms with Crippen LogP contribution in [0.2, 0.25) is 0 Å². The van der Waals surface area contributed by atoms with Gasteiger partial charge in [0, 0.05) is 57.4 Å². The molecule has 0 aromatic rings. The second kappa shape index (κ2) is 19.5. The van der Waals surface area contributed by atoms with E-state index in [1.165, 1.54) is 193 Å². The molecule has 9 heteroatoms. The molecule has 7 nitrogen and oxygen atoms in total. The van der Waals surface area contributed by atoms with Crippen LogP contribution in [0.3, 0.4) is 0 Å². The van der Waals surface area contributed by atoms with Crippen LogP contribution in [0.1, 0.15) is 193 Å². The molecule has 6 aliphatic carbocycles. The molecular formula is C42H84N7P2+. The summed E-state index contributed by atoms with van der Waals surface area (Å²) in [6.07, 6.45) is 41.4. The van der Waals surface area contributed by atoms with Crippen molar-refractivity contribution in [3.8, 4) is 0 Å². The summed E-state index contributed by atoms with van der Waals surface area (Å²) in [6, 6.07) is 3.80. The highest BCUT2D eigenvalue weighted by atomic mass is 31.2. The van der Waals surface area contributed by atoms with E-state index in [1.807, 2.05) is 0 Å². The average molecular weight is 749 g/mol. The molecule has 0 bridgehead atoms. The molecular weight excluding hydrogens is 664 g/mol. The van der Waals surface area contributed by atoms with Crippen LogP contribution < -0.4 is 0 Å². The van der Waals surface area contributed by atoms with E-state index in [0.717, 1.165) is 0 Å². The fourth-order valence-corrected chi connectivity index (χ4v) is 22.9. The first kappa shape index (κ1) is 41.1. The monoisotopic (exact) mass is 749 g/mol. The molecule has 0 aliphatic heterocycles.